The number of likely N-dealkylation sites (tertiary alicyclic amines) is 1. The predicted molar refractivity (Wildman–Crippen MR) is 152 cm³/mol. The molecule has 0 amide bonds. The van der Waals surface area contributed by atoms with Crippen molar-refractivity contribution in [1.29, 1.82) is 0 Å². The summed E-state index contributed by atoms with van der Waals surface area (Å²) < 4.78 is 13.4. The van der Waals surface area contributed by atoms with Crippen LogP contribution in [0.3, 0.4) is 0 Å². The number of aromatic nitrogens is 6. The smallest absolute Gasteiger partial charge is 0.233 e. The molecule has 0 spiro atoms. The molecule has 1 saturated heterocycles. The summed E-state index contributed by atoms with van der Waals surface area (Å²) in [6.07, 6.45) is 5.59. The number of anilines is 4. The Morgan fingerprint density at radius 1 is 1.02 bits per heavy atom. The van der Waals surface area contributed by atoms with E-state index in [0.717, 1.165) is 31.5 Å². The van der Waals surface area contributed by atoms with Crippen molar-refractivity contribution in [3.8, 4) is 23.0 Å². The van der Waals surface area contributed by atoms with Crippen molar-refractivity contribution in [1.82, 2.24) is 34.8 Å². The van der Waals surface area contributed by atoms with E-state index in [2.05, 4.69) is 47.8 Å². The van der Waals surface area contributed by atoms with Crippen LogP contribution in [0.25, 0.3) is 11.4 Å². The van der Waals surface area contributed by atoms with Gasteiger partial charge in [-0.05, 0) is 38.1 Å². The third-order valence-corrected chi connectivity index (χ3v) is 6.70. The Morgan fingerprint density at radius 3 is 2.52 bits per heavy atom. The van der Waals surface area contributed by atoms with Crippen molar-refractivity contribution in [3.63, 3.8) is 0 Å². The minimum atomic E-state index is -0.0433. The fourth-order valence-electron chi connectivity index (χ4n) is 4.53. The highest BCUT2D eigenvalue weighted by Gasteiger charge is 2.20. The van der Waals surface area contributed by atoms with Crippen LogP contribution in [0.4, 0.5) is 23.0 Å². The molecule has 4 aromatic rings. The van der Waals surface area contributed by atoms with Crippen LogP contribution in [0, 0.1) is 0 Å². The highest BCUT2D eigenvalue weighted by atomic mass is 16.5. The Labute approximate surface area is 232 Å². The number of piperidine rings is 1. The Hall–Kier alpha value is -4.58. The van der Waals surface area contributed by atoms with E-state index in [1.165, 1.54) is 0 Å². The maximum atomic E-state index is 12.8. The number of methoxy groups -OCH3 is 1. The molecule has 0 aliphatic carbocycles. The summed E-state index contributed by atoms with van der Waals surface area (Å²) in [5.74, 6) is 2.54. The quantitative estimate of drug-likeness (QED) is 0.279. The lowest BCUT2D eigenvalue weighted by Crippen LogP contribution is -2.35. The van der Waals surface area contributed by atoms with Gasteiger partial charge in [-0.3, -0.25) is 9.48 Å². The average Bonchev–Trinajstić information content (AvgIpc) is 3.41. The first-order valence-corrected chi connectivity index (χ1v) is 13.2. The number of ether oxygens (including phenoxy) is 2. The second kappa shape index (κ2) is 12.1. The lowest BCUT2D eigenvalue weighted by Gasteiger charge is -2.28. The van der Waals surface area contributed by atoms with Gasteiger partial charge in [0.25, 0.3) is 0 Å². The van der Waals surface area contributed by atoms with Crippen molar-refractivity contribution >= 4 is 28.8 Å². The van der Waals surface area contributed by atoms with Crippen LogP contribution < -0.4 is 20.1 Å². The molecule has 3 aromatic heterocycles. The zero-order valence-corrected chi connectivity index (χ0v) is 23.1. The van der Waals surface area contributed by atoms with E-state index < -0.39 is 0 Å². The van der Waals surface area contributed by atoms with Gasteiger partial charge < -0.3 is 25.0 Å². The number of nitrogens with one attached hydrogen (secondary N) is 2. The third kappa shape index (κ3) is 6.18. The first-order chi connectivity index (χ1) is 19.4. The van der Waals surface area contributed by atoms with Gasteiger partial charge in [0.05, 0.1) is 29.6 Å². The van der Waals surface area contributed by atoms with E-state index in [1.807, 2.05) is 25.1 Å². The van der Waals surface area contributed by atoms with Gasteiger partial charge in [0.15, 0.2) is 23.2 Å². The molecule has 1 fully saturated rings. The number of benzene rings is 1. The van der Waals surface area contributed by atoms with Gasteiger partial charge in [-0.15, -0.1) is 10.2 Å². The Kier molecular flexibility index (Phi) is 8.15. The molecule has 1 aromatic carbocycles. The molecular weight excluding hydrogens is 510 g/mol. The van der Waals surface area contributed by atoms with Crippen molar-refractivity contribution < 1.29 is 14.3 Å². The first-order valence-electron chi connectivity index (χ1n) is 13.2. The summed E-state index contributed by atoms with van der Waals surface area (Å²) in [4.78, 5) is 23.9. The van der Waals surface area contributed by atoms with E-state index in [9.17, 15) is 4.79 Å². The monoisotopic (exact) mass is 543 g/mol. The standard InChI is InChI=1S/C28H33N9O3/c1-5-23(38)20-16-29-25(32-24-9-10-26(34-33-24)40-18-11-13-36(2)14-12-18)15-22(20)31-21-8-6-7-19(27(21)39-4)28-30-17-37(3)35-28/h6-10,15-18H,5,11-14H2,1-4H3,(H2,29,31,32,33). The minimum Gasteiger partial charge on any atom is -0.494 e. The normalized spacial score (nSPS) is 14.1. The molecule has 0 saturated carbocycles. The molecule has 208 valence electrons. The fourth-order valence-corrected chi connectivity index (χ4v) is 4.53. The Morgan fingerprint density at radius 2 is 1.85 bits per heavy atom. The lowest BCUT2D eigenvalue weighted by molar-refractivity contribution is 0.0988. The SMILES string of the molecule is CCC(=O)c1cnc(Nc2ccc(OC3CCN(C)CC3)nn2)cc1Nc1cccc(-c2ncn(C)n2)c1OC. The molecule has 1 aliphatic heterocycles. The number of carbonyl (C=O) groups excluding carboxylic acids is 1. The summed E-state index contributed by atoms with van der Waals surface area (Å²) in [7, 11) is 5.51. The van der Waals surface area contributed by atoms with E-state index in [4.69, 9.17) is 9.47 Å². The minimum absolute atomic E-state index is 0.0433. The summed E-state index contributed by atoms with van der Waals surface area (Å²) in [6.45, 7) is 3.83. The van der Waals surface area contributed by atoms with Crippen LogP contribution in [0.5, 0.6) is 11.6 Å². The Bertz CT molecular complexity index is 1460. The number of rotatable bonds is 10. The molecule has 2 N–H and O–H groups in total. The average molecular weight is 544 g/mol. The van der Waals surface area contributed by atoms with Gasteiger partial charge in [-0.25, -0.2) is 9.97 Å². The maximum Gasteiger partial charge on any atom is 0.233 e. The fraction of sp³-hybridized carbons (Fsp3) is 0.357. The highest BCUT2D eigenvalue weighted by Crippen LogP contribution is 2.37. The highest BCUT2D eigenvalue weighted by molar-refractivity contribution is 6.02. The largest absolute Gasteiger partial charge is 0.494 e. The zero-order chi connectivity index (χ0) is 28.1. The Balaban J connectivity index is 1.37. The topological polar surface area (TPSA) is 132 Å². The molecule has 0 unspecified atom stereocenters. The lowest BCUT2D eigenvalue weighted by atomic mass is 10.1. The van der Waals surface area contributed by atoms with Crippen LogP contribution in [-0.2, 0) is 7.05 Å². The number of Topliss-reactive ketones (excluding diaryl/α,β-unsaturated/α-hetero) is 1. The molecule has 0 atom stereocenters. The number of nitrogens with zero attached hydrogens (tertiary/aromatic N) is 7. The van der Waals surface area contributed by atoms with Gasteiger partial charge >= 0.3 is 0 Å². The number of ketones is 1. The van der Waals surface area contributed by atoms with Gasteiger partial charge in [-0.1, -0.05) is 13.0 Å². The van der Waals surface area contributed by atoms with E-state index in [-0.39, 0.29) is 11.9 Å². The van der Waals surface area contributed by atoms with Gasteiger partial charge in [0.2, 0.25) is 5.88 Å². The van der Waals surface area contributed by atoms with Gasteiger partial charge in [0.1, 0.15) is 18.2 Å². The predicted octanol–water partition coefficient (Wildman–Crippen LogP) is 4.23. The molecule has 4 heterocycles. The van der Waals surface area contributed by atoms with Crippen LogP contribution >= 0.6 is 0 Å². The van der Waals surface area contributed by atoms with Gasteiger partial charge in [-0.2, -0.15) is 5.10 Å². The first kappa shape index (κ1) is 27.0. The maximum absolute atomic E-state index is 12.8. The van der Waals surface area contributed by atoms with E-state index in [0.29, 0.717) is 52.4 Å². The summed E-state index contributed by atoms with van der Waals surface area (Å²) in [5.41, 5.74) is 2.42. The second-order valence-corrected chi connectivity index (χ2v) is 9.65. The molecule has 0 radical (unpaired) electrons. The number of hydrogen-bond donors (Lipinski definition) is 2. The van der Waals surface area contributed by atoms with Crippen molar-refractivity contribution in [2.75, 3.05) is 37.9 Å². The summed E-state index contributed by atoms with van der Waals surface area (Å²) >= 11 is 0. The van der Waals surface area contributed by atoms with Crippen LogP contribution in [0.1, 0.15) is 36.5 Å². The van der Waals surface area contributed by atoms with Crippen LogP contribution in [-0.4, -0.2) is 74.0 Å². The molecule has 12 heteroatoms. The number of aryl methyl sites for hydroxylation is 1. The zero-order valence-electron chi connectivity index (χ0n) is 23.1. The number of carbonyl (C=O) groups is 1. The molecule has 5 rings (SSSR count). The molecule has 0 bridgehead atoms. The number of pyridine rings is 1. The van der Waals surface area contributed by atoms with E-state index >= 15 is 0 Å². The molecule has 1 aliphatic rings. The number of hydrogen-bond acceptors (Lipinski definition) is 11. The van der Waals surface area contributed by atoms with E-state index in [1.54, 1.807) is 49.6 Å². The number of para-hydroxylation sites is 1. The third-order valence-electron chi connectivity index (χ3n) is 6.70. The van der Waals surface area contributed by atoms with Gasteiger partial charge in [0, 0.05) is 44.9 Å². The molecule has 40 heavy (non-hydrogen) atoms. The molecule has 12 nitrogen and oxygen atoms in total. The van der Waals surface area contributed by atoms with Crippen molar-refractivity contribution in [2.24, 2.45) is 7.05 Å². The second-order valence-electron chi connectivity index (χ2n) is 9.65. The summed E-state index contributed by atoms with van der Waals surface area (Å²) in [6, 6.07) is 11.0. The van der Waals surface area contributed by atoms with Crippen LogP contribution in [0.15, 0.2) is 48.9 Å². The molecular formula is C28H33N9O3. The van der Waals surface area contributed by atoms with Crippen molar-refractivity contribution in [3.05, 3.63) is 54.5 Å². The van der Waals surface area contributed by atoms with Crippen molar-refractivity contribution in [2.45, 2.75) is 32.3 Å². The van der Waals surface area contributed by atoms with Crippen LogP contribution in [0.2, 0.25) is 0 Å². The summed E-state index contributed by atoms with van der Waals surface area (Å²) in [5, 5.41) is 19.4.